The van der Waals surface area contributed by atoms with E-state index in [0.29, 0.717) is 12.5 Å². The molecule has 1 aliphatic rings. The second-order valence-electron chi connectivity index (χ2n) is 3.89. The van der Waals surface area contributed by atoms with Gasteiger partial charge in [-0.2, -0.15) is 0 Å². The Morgan fingerprint density at radius 2 is 2.42 bits per heavy atom. The molecule has 0 aromatic carbocycles. The number of aldehydes is 1. The molecule has 1 fully saturated rings. The van der Waals surface area contributed by atoms with Crippen LogP contribution in [0.3, 0.4) is 0 Å². The van der Waals surface area contributed by atoms with Crippen molar-refractivity contribution in [3.8, 4) is 0 Å². The SMILES string of the molecule is COCCC1(C=O)CCCC1C. The Morgan fingerprint density at radius 3 is 2.83 bits per heavy atom. The monoisotopic (exact) mass is 170 g/mol. The molecule has 0 bridgehead atoms. The highest BCUT2D eigenvalue weighted by molar-refractivity contribution is 5.60. The first-order valence-electron chi connectivity index (χ1n) is 4.70. The van der Waals surface area contributed by atoms with Crippen LogP contribution in [0, 0.1) is 11.3 Å². The maximum Gasteiger partial charge on any atom is 0.126 e. The fraction of sp³-hybridized carbons (Fsp3) is 0.900. The summed E-state index contributed by atoms with van der Waals surface area (Å²) < 4.78 is 5.02. The summed E-state index contributed by atoms with van der Waals surface area (Å²) >= 11 is 0. The highest BCUT2D eigenvalue weighted by atomic mass is 16.5. The lowest BCUT2D eigenvalue weighted by Crippen LogP contribution is -2.27. The van der Waals surface area contributed by atoms with Crippen LogP contribution >= 0.6 is 0 Å². The van der Waals surface area contributed by atoms with Crippen molar-refractivity contribution in [2.75, 3.05) is 13.7 Å². The van der Waals surface area contributed by atoms with Gasteiger partial charge in [-0.15, -0.1) is 0 Å². The van der Waals surface area contributed by atoms with Gasteiger partial charge in [-0.05, 0) is 25.2 Å². The fourth-order valence-electron chi connectivity index (χ4n) is 2.17. The minimum atomic E-state index is -0.0595. The normalized spacial score (nSPS) is 35.3. The molecule has 0 aromatic heterocycles. The zero-order chi connectivity index (χ0) is 9.03. The topological polar surface area (TPSA) is 26.3 Å². The molecule has 1 rings (SSSR count). The molecule has 2 atom stereocenters. The van der Waals surface area contributed by atoms with E-state index in [4.69, 9.17) is 4.74 Å². The maximum atomic E-state index is 11.0. The zero-order valence-corrected chi connectivity index (χ0v) is 8.01. The quantitative estimate of drug-likeness (QED) is 0.603. The Labute approximate surface area is 74.3 Å². The Bertz CT molecular complexity index is 156. The van der Waals surface area contributed by atoms with Gasteiger partial charge in [0.05, 0.1) is 0 Å². The van der Waals surface area contributed by atoms with Crippen LogP contribution < -0.4 is 0 Å². The summed E-state index contributed by atoms with van der Waals surface area (Å²) in [6.45, 7) is 2.89. The van der Waals surface area contributed by atoms with Gasteiger partial charge in [0, 0.05) is 19.1 Å². The van der Waals surface area contributed by atoms with Crippen LogP contribution in [0.25, 0.3) is 0 Å². The number of hydrogen-bond acceptors (Lipinski definition) is 2. The molecule has 1 aliphatic carbocycles. The predicted molar refractivity (Wildman–Crippen MR) is 48.0 cm³/mol. The third-order valence-electron chi connectivity index (χ3n) is 3.27. The van der Waals surface area contributed by atoms with Crippen molar-refractivity contribution in [1.82, 2.24) is 0 Å². The molecule has 0 aromatic rings. The van der Waals surface area contributed by atoms with Crippen LogP contribution in [0.4, 0.5) is 0 Å². The van der Waals surface area contributed by atoms with Crippen molar-refractivity contribution in [1.29, 1.82) is 0 Å². The van der Waals surface area contributed by atoms with Crippen molar-refractivity contribution in [2.24, 2.45) is 11.3 Å². The molecule has 0 radical (unpaired) electrons. The lowest BCUT2D eigenvalue weighted by Gasteiger charge is -2.26. The molecule has 12 heavy (non-hydrogen) atoms. The molecule has 0 spiro atoms. The van der Waals surface area contributed by atoms with Crippen LogP contribution in [0.15, 0.2) is 0 Å². The van der Waals surface area contributed by atoms with Crippen molar-refractivity contribution in [3.63, 3.8) is 0 Å². The molecular formula is C10H18O2. The molecular weight excluding hydrogens is 152 g/mol. The minimum Gasteiger partial charge on any atom is -0.385 e. The number of ether oxygens (including phenoxy) is 1. The number of methoxy groups -OCH3 is 1. The Balaban J connectivity index is 2.55. The summed E-state index contributed by atoms with van der Waals surface area (Å²) in [4.78, 5) is 11.0. The van der Waals surface area contributed by atoms with E-state index in [1.54, 1.807) is 7.11 Å². The van der Waals surface area contributed by atoms with Crippen LogP contribution in [-0.4, -0.2) is 20.0 Å². The summed E-state index contributed by atoms with van der Waals surface area (Å²) in [5.74, 6) is 0.546. The maximum absolute atomic E-state index is 11.0. The van der Waals surface area contributed by atoms with Crippen LogP contribution in [0.1, 0.15) is 32.6 Å². The molecule has 0 amide bonds. The van der Waals surface area contributed by atoms with Gasteiger partial charge in [-0.1, -0.05) is 13.3 Å². The van der Waals surface area contributed by atoms with Crippen LogP contribution in [0.2, 0.25) is 0 Å². The summed E-state index contributed by atoms with van der Waals surface area (Å²) in [5, 5.41) is 0. The zero-order valence-electron chi connectivity index (χ0n) is 8.01. The third kappa shape index (κ3) is 1.69. The fourth-order valence-corrected chi connectivity index (χ4v) is 2.17. The van der Waals surface area contributed by atoms with E-state index in [0.717, 1.165) is 19.1 Å². The predicted octanol–water partition coefficient (Wildman–Crippen LogP) is 2.03. The van der Waals surface area contributed by atoms with Crippen molar-refractivity contribution in [2.45, 2.75) is 32.6 Å². The molecule has 0 aliphatic heterocycles. The van der Waals surface area contributed by atoms with Gasteiger partial charge < -0.3 is 9.53 Å². The van der Waals surface area contributed by atoms with Gasteiger partial charge >= 0.3 is 0 Å². The lowest BCUT2D eigenvalue weighted by atomic mass is 9.78. The molecule has 0 N–H and O–H groups in total. The first-order valence-corrected chi connectivity index (χ1v) is 4.70. The Kier molecular flexibility index (Phi) is 3.27. The van der Waals surface area contributed by atoms with E-state index in [1.807, 2.05) is 0 Å². The van der Waals surface area contributed by atoms with Crippen molar-refractivity contribution in [3.05, 3.63) is 0 Å². The van der Waals surface area contributed by atoms with Gasteiger partial charge in [-0.25, -0.2) is 0 Å². The average molecular weight is 170 g/mol. The highest BCUT2D eigenvalue weighted by Crippen LogP contribution is 2.43. The summed E-state index contributed by atoms with van der Waals surface area (Å²) in [6, 6.07) is 0. The third-order valence-corrected chi connectivity index (χ3v) is 3.27. The van der Waals surface area contributed by atoms with E-state index in [2.05, 4.69) is 6.92 Å². The largest absolute Gasteiger partial charge is 0.385 e. The molecule has 2 nitrogen and oxygen atoms in total. The van der Waals surface area contributed by atoms with Gasteiger partial charge in [0.25, 0.3) is 0 Å². The molecule has 1 saturated carbocycles. The van der Waals surface area contributed by atoms with Crippen LogP contribution in [0.5, 0.6) is 0 Å². The second kappa shape index (κ2) is 4.04. The molecule has 2 unspecified atom stereocenters. The standard InChI is InChI=1S/C10H18O2/c1-9-4-3-5-10(9,8-11)6-7-12-2/h8-9H,3-7H2,1-2H3. The van der Waals surface area contributed by atoms with Crippen LogP contribution in [-0.2, 0) is 9.53 Å². The highest BCUT2D eigenvalue weighted by Gasteiger charge is 2.39. The summed E-state index contributed by atoms with van der Waals surface area (Å²) in [7, 11) is 1.69. The van der Waals surface area contributed by atoms with Crippen molar-refractivity contribution < 1.29 is 9.53 Å². The number of hydrogen-bond donors (Lipinski definition) is 0. The van der Waals surface area contributed by atoms with E-state index >= 15 is 0 Å². The number of carbonyl (C=O) groups excluding carboxylic acids is 1. The smallest absolute Gasteiger partial charge is 0.126 e. The first-order chi connectivity index (χ1) is 5.75. The van der Waals surface area contributed by atoms with Crippen molar-refractivity contribution >= 4 is 6.29 Å². The van der Waals surface area contributed by atoms with E-state index < -0.39 is 0 Å². The second-order valence-corrected chi connectivity index (χ2v) is 3.89. The van der Waals surface area contributed by atoms with E-state index in [1.165, 1.54) is 12.8 Å². The first kappa shape index (κ1) is 9.72. The molecule has 2 heteroatoms. The lowest BCUT2D eigenvalue weighted by molar-refractivity contribution is -0.118. The molecule has 0 heterocycles. The number of carbonyl (C=O) groups is 1. The Hall–Kier alpha value is -0.370. The summed E-state index contributed by atoms with van der Waals surface area (Å²) in [6.07, 6.45) is 5.50. The molecule has 70 valence electrons. The van der Waals surface area contributed by atoms with Gasteiger partial charge in [-0.3, -0.25) is 0 Å². The van der Waals surface area contributed by atoms with Gasteiger partial charge in [0.15, 0.2) is 0 Å². The number of rotatable bonds is 4. The van der Waals surface area contributed by atoms with Gasteiger partial charge in [0.2, 0.25) is 0 Å². The van der Waals surface area contributed by atoms with Gasteiger partial charge in [0.1, 0.15) is 6.29 Å². The minimum absolute atomic E-state index is 0.0595. The molecule has 0 saturated heterocycles. The van der Waals surface area contributed by atoms with E-state index in [-0.39, 0.29) is 5.41 Å². The van der Waals surface area contributed by atoms with E-state index in [9.17, 15) is 4.79 Å². The summed E-state index contributed by atoms with van der Waals surface area (Å²) in [5.41, 5.74) is -0.0595. The average Bonchev–Trinajstić information content (AvgIpc) is 2.45. The Morgan fingerprint density at radius 1 is 1.67 bits per heavy atom.